The summed E-state index contributed by atoms with van der Waals surface area (Å²) in [4.78, 5) is 4.20. The first-order valence-electron chi connectivity index (χ1n) is 9.82. The zero-order valence-electron chi connectivity index (χ0n) is 17.2. The summed E-state index contributed by atoms with van der Waals surface area (Å²) in [5.74, 6) is 0.981. The molecule has 0 aromatic heterocycles. The van der Waals surface area contributed by atoms with Gasteiger partial charge in [0.1, 0.15) is 19.0 Å². The van der Waals surface area contributed by atoms with Crippen LogP contribution in [-0.4, -0.2) is 68.1 Å². The minimum Gasteiger partial charge on any atom is -0.504 e. The third-order valence-corrected chi connectivity index (χ3v) is 4.19. The molecule has 9 heteroatoms. The van der Waals surface area contributed by atoms with Gasteiger partial charge in [0.25, 0.3) is 0 Å². The van der Waals surface area contributed by atoms with Crippen LogP contribution in [0.2, 0.25) is 0 Å². The van der Waals surface area contributed by atoms with E-state index in [0.29, 0.717) is 54.9 Å². The molecule has 9 nitrogen and oxygen atoms in total. The van der Waals surface area contributed by atoms with E-state index in [4.69, 9.17) is 18.9 Å². The van der Waals surface area contributed by atoms with Crippen molar-refractivity contribution in [2.75, 3.05) is 39.6 Å². The van der Waals surface area contributed by atoms with E-state index in [1.807, 2.05) is 0 Å². The smallest absolute Gasteiger partial charge is 0.166 e. The van der Waals surface area contributed by atoms with E-state index in [9.17, 15) is 10.2 Å². The fourth-order valence-electron chi connectivity index (χ4n) is 2.63. The number of phenols is 2. The lowest BCUT2D eigenvalue weighted by atomic mass is 10.2. The van der Waals surface area contributed by atoms with Crippen LogP contribution in [0.1, 0.15) is 18.1 Å². The third kappa shape index (κ3) is 6.80. The Morgan fingerprint density at radius 1 is 0.710 bits per heavy atom. The number of hydrogen-bond acceptors (Lipinski definition) is 9. The Bertz CT molecular complexity index is 958. The quantitative estimate of drug-likeness (QED) is 0.668. The van der Waals surface area contributed by atoms with Crippen LogP contribution in [-0.2, 0) is 9.47 Å². The summed E-state index contributed by atoms with van der Waals surface area (Å²) in [7, 11) is 0. The highest BCUT2D eigenvalue weighted by Crippen LogP contribution is 2.29. The number of ether oxygens (including phenoxy) is 4. The largest absolute Gasteiger partial charge is 0.504 e. The first-order valence-corrected chi connectivity index (χ1v) is 9.82. The van der Waals surface area contributed by atoms with E-state index in [1.165, 1.54) is 12.4 Å². The number of nitrogens with zero attached hydrogens (tertiary/aromatic N) is 3. The summed E-state index contributed by atoms with van der Waals surface area (Å²) < 4.78 is 22.1. The van der Waals surface area contributed by atoms with Crippen LogP contribution in [0.5, 0.6) is 23.0 Å². The fraction of sp³-hybridized carbons (Fsp3) is 0.318. The second kappa shape index (κ2) is 11.7. The number of phenolic OH excluding ortho intramolecular Hbond substituents is 2. The van der Waals surface area contributed by atoms with Crippen molar-refractivity contribution in [3.05, 3.63) is 47.5 Å². The Balaban J connectivity index is 1.79. The number of aromatic hydroxyl groups is 2. The average Bonchev–Trinajstić information content (AvgIpc) is 2.76. The summed E-state index contributed by atoms with van der Waals surface area (Å²) in [5.41, 5.74) is 0.937. The van der Waals surface area contributed by atoms with Gasteiger partial charge in [-0.05, 0) is 31.2 Å². The maximum absolute atomic E-state index is 10.4. The SMILES string of the molecule is C/C1=N\N=C/c2cccc(c2O)OCCOCCOCCOc2cccc(c2O)C=N1. The van der Waals surface area contributed by atoms with Crippen LogP contribution >= 0.6 is 0 Å². The predicted molar refractivity (Wildman–Crippen MR) is 117 cm³/mol. The van der Waals surface area contributed by atoms with Gasteiger partial charge in [-0.25, -0.2) is 4.99 Å². The number of benzene rings is 2. The maximum atomic E-state index is 10.4. The molecular weight excluding hydrogens is 402 g/mol. The second-order valence-corrected chi connectivity index (χ2v) is 6.46. The highest BCUT2D eigenvalue weighted by Gasteiger charge is 2.08. The van der Waals surface area contributed by atoms with E-state index in [0.717, 1.165) is 0 Å². The second-order valence-electron chi connectivity index (χ2n) is 6.46. The average molecular weight is 427 g/mol. The van der Waals surface area contributed by atoms with Crippen molar-refractivity contribution in [3.8, 4) is 23.0 Å². The zero-order chi connectivity index (χ0) is 21.9. The van der Waals surface area contributed by atoms with E-state index < -0.39 is 0 Å². The van der Waals surface area contributed by atoms with E-state index in [2.05, 4.69) is 15.2 Å². The van der Waals surface area contributed by atoms with Crippen molar-refractivity contribution >= 4 is 18.3 Å². The standard InChI is InChI=1S/C22H25N3O6/c1-16-23-14-17-4-2-6-19(21(17)26)30-12-10-28-8-9-29-11-13-31-20-7-3-5-18(22(20)27)15-24-25-16/h2-7,14-15,26-27H,8-13H2,1H3/b23-14?,24-15-,25-16+. The molecule has 2 aromatic carbocycles. The topological polar surface area (TPSA) is 114 Å². The van der Waals surface area contributed by atoms with Gasteiger partial charge in [-0.15, -0.1) is 5.10 Å². The molecule has 0 saturated heterocycles. The van der Waals surface area contributed by atoms with Gasteiger partial charge in [0.2, 0.25) is 0 Å². The Morgan fingerprint density at radius 2 is 1.23 bits per heavy atom. The molecule has 1 heterocycles. The number of para-hydroxylation sites is 2. The van der Waals surface area contributed by atoms with Gasteiger partial charge in [-0.2, -0.15) is 5.10 Å². The number of hydrogen-bond donors (Lipinski definition) is 2. The summed E-state index contributed by atoms with van der Waals surface area (Å²) >= 11 is 0. The summed E-state index contributed by atoms with van der Waals surface area (Å²) in [6, 6.07) is 10.2. The molecule has 0 atom stereocenters. The van der Waals surface area contributed by atoms with Gasteiger partial charge in [0, 0.05) is 17.3 Å². The third-order valence-electron chi connectivity index (χ3n) is 4.19. The van der Waals surface area contributed by atoms with Gasteiger partial charge in [-0.1, -0.05) is 12.1 Å². The van der Waals surface area contributed by atoms with Crippen LogP contribution in [0, 0.1) is 0 Å². The van der Waals surface area contributed by atoms with Crippen molar-refractivity contribution in [1.29, 1.82) is 0 Å². The van der Waals surface area contributed by atoms with Gasteiger partial charge in [-0.3, -0.25) is 0 Å². The van der Waals surface area contributed by atoms with Crippen molar-refractivity contribution < 1.29 is 29.2 Å². The molecular formula is C22H25N3O6. The first kappa shape index (κ1) is 22.3. The lowest BCUT2D eigenvalue weighted by Crippen LogP contribution is -2.13. The van der Waals surface area contributed by atoms with Crippen molar-refractivity contribution in [2.24, 2.45) is 15.2 Å². The predicted octanol–water partition coefficient (Wildman–Crippen LogP) is 2.77. The van der Waals surface area contributed by atoms with Gasteiger partial charge < -0.3 is 29.2 Å². The molecule has 0 saturated carbocycles. The van der Waals surface area contributed by atoms with Crippen LogP contribution in [0.3, 0.4) is 0 Å². The Labute approximate surface area is 180 Å². The van der Waals surface area contributed by atoms with Crippen LogP contribution in [0.4, 0.5) is 0 Å². The normalized spacial score (nSPS) is 18.9. The Hall–Kier alpha value is -3.43. The summed E-state index contributed by atoms with van der Waals surface area (Å²) in [6.07, 6.45) is 2.88. The molecule has 164 valence electrons. The molecule has 4 bridgehead atoms. The minimum atomic E-state index is -0.0326. The van der Waals surface area contributed by atoms with Gasteiger partial charge in [0.05, 0.1) is 32.6 Å². The zero-order valence-corrected chi connectivity index (χ0v) is 17.2. The summed E-state index contributed by atoms with van der Waals surface area (Å²) in [5, 5.41) is 28.7. The number of fused-ring (bicyclic) bond motifs is 4. The van der Waals surface area contributed by atoms with E-state index in [-0.39, 0.29) is 24.7 Å². The Kier molecular flexibility index (Phi) is 8.39. The molecule has 0 amide bonds. The number of amidine groups is 1. The van der Waals surface area contributed by atoms with E-state index in [1.54, 1.807) is 43.3 Å². The molecule has 0 spiro atoms. The van der Waals surface area contributed by atoms with E-state index >= 15 is 0 Å². The lowest BCUT2D eigenvalue weighted by Gasteiger charge is -2.11. The molecule has 0 aliphatic carbocycles. The number of aliphatic imine (C=N–C) groups is 1. The van der Waals surface area contributed by atoms with Crippen molar-refractivity contribution in [1.82, 2.24) is 0 Å². The molecule has 1 aliphatic rings. The molecule has 0 fully saturated rings. The Morgan fingerprint density at radius 3 is 1.81 bits per heavy atom. The molecule has 31 heavy (non-hydrogen) atoms. The molecule has 2 N–H and O–H groups in total. The first-order chi connectivity index (χ1) is 15.1. The highest BCUT2D eigenvalue weighted by atomic mass is 16.6. The molecule has 3 rings (SSSR count). The minimum absolute atomic E-state index is 0.0187. The van der Waals surface area contributed by atoms with Crippen molar-refractivity contribution in [3.63, 3.8) is 0 Å². The van der Waals surface area contributed by atoms with Crippen molar-refractivity contribution in [2.45, 2.75) is 6.92 Å². The molecule has 2 aromatic rings. The molecule has 1 aliphatic heterocycles. The number of rotatable bonds is 0. The van der Waals surface area contributed by atoms with Crippen LogP contribution < -0.4 is 9.47 Å². The fourth-order valence-corrected chi connectivity index (χ4v) is 2.63. The van der Waals surface area contributed by atoms with Crippen LogP contribution in [0.15, 0.2) is 51.6 Å². The monoisotopic (exact) mass is 427 g/mol. The summed E-state index contributed by atoms with van der Waals surface area (Å²) in [6.45, 7) is 3.72. The molecule has 0 unspecified atom stereocenters. The highest BCUT2D eigenvalue weighted by molar-refractivity contribution is 5.95. The maximum Gasteiger partial charge on any atom is 0.166 e. The lowest BCUT2D eigenvalue weighted by molar-refractivity contribution is 0.0269. The van der Waals surface area contributed by atoms with Crippen LogP contribution in [0.25, 0.3) is 0 Å². The molecule has 0 radical (unpaired) electrons. The van der Waals surface area contributed by atoms with Gasteiger partial charge >= 0.3 is 0 Å². The van der Waals surface area contributed by atoms with Gasteiger partial charge in [0.15, 0.2) is 23.0 Å².